The molecule has 2 aromatic rings. The predicted octanol–water partition coefficient (Wildman–Crippen LogP) is 3.09. The Balaban J connectivity index is 0.000000298. The predicted molar refractivity (Wildman–Crippen MR) is 112 cm³/mol. The van der Waals surface area contributed by atoms with Gasteiger partial charge >= 0.3 is 5.97 Å². The maximum absolute atomic E-state index is 10.6. The van der Waals surface area contributed by atoms with Crippen LogP contribution in [0.4, 0.5) is 5.95 Å². The van der Waals surface area contributed by atoms with Crippen molar-refractivity contribution in [3.05, 3.63) is 36.3 Å². The number of anilines is 1. The molecule has 10 heteroatoms. The summed E-state index contributed by atoms with van der Waals surface area (Å²) in [4.78, 5) is 25.3. The fraction of sp³-hybridized carbons (Fsp3) is 0.421. The number of nitrogens with two attached hydrogens (primary N) is 1. The Kier molecular flexibility index (Phi) is 9.86. The van der Waals surface area contributed by atoms with Gasteiger partial charge in [-0.25, -0.2) is 9.97 Å². The summed E-state index contributed by atoms with van der Waals surface area (Å²) in [6.45, 7) is 3.91. The van der Waals surface area contributed by atoms with Crippen molar-refractivity contribution in [2.24, 2.45) is 22.1 Å². The summed E-state index contributed by atoms with van der Waals surface area (Å²) >= 11 is 0. The molecule has 2 heterocycles. The van der Waals surface area contributed by atoms with Crippen LogP contribution < -0.4 is 10.7 Å². The Hall–Kier alpha value is -3.43. The molecule has 156 valence electrons. The van der Waals surface area contributed by atoms with Gasteiger partial charge in [0.05, 0.1) is 11.6 Å². The highest BCUT2D eigenvalue weighted by atomic mass is 16.4. The first-order chi connectivity index (χ1) is 13.8. The molecule has 0 spiro atoms. The number of hydrogen-bond acceptors (Lipinski definition) is 7. The zero-order valence-corrected chi connectivity index (χ0v) is 17.2. The maximum Gasteiger partial charge on any atom is 0.306 e. The number of nitrogens with zero attached hydrogens (tertiary/aromatic N) is 6. The van der Waals surface area contributed by atoms with Crippen molar-refractivity contribution >= 4 is 17.8 Å². The molecule has 0 aliphatic heterocycles. The van der Waals surface area contributed by atoms with Crippen molar-refractivity contribution in [3.8, 4) is 11.3 Å². The summed E-state index contributed by atoms with van der Waals surface area (Å²) < 4.78 is 0. The van der Waals surface area contributed by atoms with Gasteiger partial charge in [-0.2, -0.15) is 0 Å². The lowest BCUT2D eigenvalue weighted by molar-refractivity contribution is -0.141. The number of rotatable bonds is 7. The smallest absolute Gasteiger partial charge is 0.306 e. The zero-order chi connectivity index (χ0) is 21.8. The van der Waals surface area contributed by atoms with Crippen molar-refractivity contribution in [2.75, 3.05) is 19.0 Å². The highest BCUT2D eigenvalue weighted by Crippen LogP contribution is 2.16. The molecule has 0 bridgehead atoms. The van der Waals surface area contributed by atoms with Crippen LogP contribution in [0.3, 0.4) is 0 Å². The second-order valence-corrected chi connectivity index (χ2v) is 6.58. The van der Waals surface area contributed by atoms with Crippen LogP contribution in [-0.4, -0.2) is 46.0 Å². The van der Waals surface area contributed by atoms with Gasteiger partial charge in [-0.15, -0.1) is 5.11 Å². The van der Waals surface area contributed by atoms with Crippen LogP contribution in [0, 0.1) is 18.3 Å². The lowest BCUT2D eigenvalue weighted by Crippen LogP contribution is -2.16. The molecule has 10 nitrogen and oxygen atoms in total. The van der Waals surface area contributed by atoms with E-state index in [-0.39, 0.29) is 12.3 Å². The number of aryl methyl sites for hydroxylation is 1. The van der Waals surface area contributed by atoms with Crippen LogP contribution >= 0.6 is 0 Å². The van der Waals surface area contributed by atoms with Gasteiger partial charge < -0.3 is 15.8 Å². The molecular weight excluding hydrogens is 372 g/mol. The van der Waals surface area contributed by atoms with Crippen molar-refractivity contribution < 1.29 is 9.90 Å². The zero-order valence-electron chi connectivity index (χ0n) is 17.2. The van der Waals surface area contributed by atoms with E-state index in [4.69, 9.17) is 16.4 Å². The number of carboxylic acid groups (broad SMARTS) is 1. The molecule has 0 aliphatic carbocycles. The number of carboxylic acids is 1. The molecule has 0 aliphatic rings. The molecule has 0 fully saturated rings. The fourth-order valence-electron chi connectivity index (χ4n) is 2.33. The van der Waals surface area contributed by atoms with Crippen LogP contribution in [-0.2, 0) is 4.79 Å². The SMILES string of the molecule is CCC[C@@H](CC(=N)N=NN)C(=O)O.Cc1ccc(-c2cnc(N(C)C)nc2)nc1. The third-order valence-corrected chi connectivity index (χ3v) is 3.85. The second-order valence-electron chi connectivity index (χ2n) is 6.58. The van der Waals surface area contributed by atoms with E-state index in [1.165, 1.54) is 0 Å². The largest absolute Gasteiger partial charge is 0.481 e. The maximum atomic E-state index is 10.6. The molecule has 2 aromatic heterocycles. The van der Waals surface area contributed by atoms with Crippen LogP contribution in [0.15, 0.2) is 41.1 Å². The van der Waals surface area contributed by atoms with Crippen molar-refractivity contribution in [2.45, 2.75) is 33.1 Å². The summed E-state index contributed by atoms with van der Waals surface area (Å²) in [6.07, 6.45) is 6.82. The standard InChI is InChI=1S/C12H14N4.C7H14N4O2/c1-9-4-5-11(13-6-9)10-7-14-12(15-8-10)16(2)3;1-2-3-5(7(12)13)4-6(8)10-11-9/h4-8H,1-3H3;5H,2-4H2,1H3,(H,12,13)(H3,8,9,10)/t;5-/m.0/s1. The van der Waals surface area contributed by atoms with E-state index < -0.39 is 11.9 Å². The molecule has 2 rings (SSSR count). The number of carbonyl (C=O) groups is 1. The first-order valence-corrected chi connectivity index (χ1v) is 9.12. The molecule has 0 unspecified atom stereocenters. The quantitative estimate of drug-likeness (QED) is 0.212. The topological polar surface area (TPSA) is 154 Å². The van der Waals surface area contributed by atoms with E-state index in [1.807, 2.05) is 51.2 Å². The third kappa shape index (κ3) is 8.41. The Morgan fingerprint density at radius 1 is 1.24 bits per heavy atom. The van der Waals surface area contributed by atoms with E-state index in [0.717, 1.165) is 23.2 Å². The van der Waals surface area contributed by atoms with Gasteiger partial charge in [0.1, 0.15) is 5.84 Å². The monoisotopic (exact) mass is 400 g/mol. The Labute approximate surface area is 170 Å². The average Bonchev–Trinajstić information content (AvgIpc) is 2.69. The summed E-state index contributed by atoms with van der Waals surface area (Å²) in [7, 11) is 3.83. The van der Waals surface area contributed by atoms with Crippen molar-refractivity contribution in [1.82, 2.24) is 15.0 Å². The average molecular weight is 400 g/mol. The van der Waals surface area contributed by atoms with E-state index in [0.29, 0.717) is 12.4 Å². The molecule has 0 saturated carbocycles. The summed E-state index contributed by atoms with van der Waals surface area (Å²) in [5.41, 5.74) is 2.98. The summed E-state index contributed by atoms with van der Waals surface area (Å²) in [5.74, 6) is 3.88. The van der Waals surface area contributed by atoms with Crippen molar-refractivity contribution in [3.63, 3.8) is 0 Å². The number of amidine groups is 1. The highest BCUT2D eigenvalue weighted by molar-refractivity contribution is 5.84. The van der Waals surface area contributed by atoms with Gasteiger partial charge in [-0.3, -0.25) is 15.2 Å². The van der Waals surface area contributed by atoms with Gasteiger partial charge in [0, 0.05) is 44.7 Å². The highest BCUT2D eigenvalue weighted by Gasteiger charge is 2.18. The first-order valence-electron chi connectivity index (χ1n) is 9.12. The molecule has 4 N–H and O–H groups in total. The fourth-order valence-corrected chi connectivity index (χ4v) is 2.33. The first kappa shape index (κ1) is 23.6. The Morgan fingerprint density at radius 3 is 2.34 bits per heavy atom. The molecular formula is C19H28N8O2. The number of aliphatic carboxylic acids is 1. The van der Waals surface area contributed by atoms with Crippen molar-refractivity contribution in [1.29, 1.82) is 5.41 Å². The van der Waals surface area contributed by atoms with Gasteiger partial charge in [0.2, 0.25) is 5.95 Å². The van der Waals surface area contributed by atoms with Crippen LogP contribution in [0.5, 0.6) is 0 Å². The number of pyridine rings is 1. The lowest BCUT2D eigenvalue weighted by Gasteiger charge is -2.09. The van der Waals surface area contributed by atoms with Crippen LogP contribution in [0.1, 0.15) is 31.7 Å². The number of aromatic nitrogens is 3. The minimum atomic E-state index is -0.904. The normalized spacial score (nSPS) is 11.4. The Morgan fingerprint density at radius 2 is 1.90 bits per heavy atom. The number of nitrogens with one attached hydrogen (secondary N) is 1. The molecule has 0 saturated heterocycles. The number of hydrogen-bond donors (Lipinski definition) is 3. The minimum Gasteiger partial charge on any atom is -0.481 e. The summed E-state index contributed by atoms with van der Waals surface area (Å²) in [6, 6.07) is 4.01. The van der Waals surface area contributed by atoms with E-state index in [2.05, 4.69) is 25.3 Å². The van der Waals surface area contributed by atoms with Gasteiger partial charge in [0.25, 0.3) is 0 Å². The molecule has 1 atom stereocenters. The Bertz CT molecular complexity index is 804. The van der Waals surface area contributed by atoms with Crippen LogP contribution in [0.2, 0.25) is 0 Å². The lowest BCUT2D eigenvalue weighted by atomic mass is 10.00. The van der Waals surface area contributed by atoms with E-state index in [1.54, 1.807) is 12.4 Å². The molecule has 0 radical (unpaired) electrons. The molecule has 29 heavy (non-hydrogen) atoms. The molecule has 0 amide bonds. The van der Waals surface area contributed by atoms with Crippen LogP contribution in [0.25, 0.3) is 11.3 Å². The van der Waals surface area contributed by atoms with Gasteiger partial charge in [-0.1, -0.05) is 24.6 Å². The second kappa shape index (κ2) is 12.1. The molecule has 0 aromatic carbocycles. The summed E-state index contributed by atoms with van der Waals surface area (Å²) in [5, 5.41) is 22.1. The van der Waals surface area contributed by atoms with E-state index in [9.17, 15) is 4.79 Å². The van der Waals surface area contributed by atoms with Gasteiger partial charge in [0.15, 0.2) is 0 Å². The van der Waals surface area contributed by atoms with E-state index >= 15 is 0 Å². The van der Waals surface area contributed by atoms with Gasteiger partial charge in [-0.05, 0) is 25.0 Å². The minimum absolute atomic E-state index is 0.0872. The third-order valence-electron chi connectivity index (χ3n) is 3.85.